The average molecular weight is 381 g/mol. The Labute approximate surface area is 163 Å². The SMILES string of the molecule is CC(=O)O[C@H]1CC[C@@](C)(O)[C@@H]2O[C@H](C[C@]1(C)O)[C@@H]1C(C)=CC[C@H](C(C)C)[C@H]12. The third kappa shape index (κ3) is 3.83. The Kier molecular flexibility index (Phi) is 5.52. The third-order valence-electron chi connectivity index (χ3n) is 7.22. The van der Waals surface area contributed by atoms with Crippen LogP contribution in [-0.4, -0.2) is 45.7 Å². The van der Waals surface area contributed by atoms with E-state index in [1.807, 2.05) is 6.92 Å². The van der Waals surface area contributed by atoms with E-state index in [0.29, 0.717) is 31.1 Å². The Bertz CT molecular complexity index is 606. The summed E-state index contributed by atoms with van der Waals surface area (Å²) in [6.45, 7) is 11.6. The fourth-order valence-electron chi connectivity index (χ4n) is 5.76. The number of hydrogen-bond acceptors (Lipinski definition) is 5. The van der Waals surface area contributed by atoms with Crippen molar-refractivity contribution in [3.63, 3.8) is 0 Å². The number of allylic oxidation sites excluding steroid dienone is 1. The maximum Gasteiger partial charge on any atom is 0.303 e. The van der Waals surface area contributed by atoms with E-state index in [1.54, 1.807) is 6.92 Å². The smallest absolute Gasteiger partial charge is 0.303 e. The number of rotatable bonds is 2. The third-order valence-corrected chi connectivity index (χ3v) is 7.22. The minimum Gasteiger partial charge on any atom is -0.460 e. The van der Waals surface area contributed by atoms with Crippen molar-refractivity contribution in [1.29, 1.82) is 0 Å². The van der Waals surface area contributed by atoms with Gasteiger partial charge in [-0.1, -0.05) is 25.5 Å². The molecule has 0 spiro atoms. The van der Waals surface area contributed by atoms with Gasteiger partial charge in [0.2, 0.25) is 0 Å². The molecule has 1 aliphatic carbocycles. The van der Waals surface area contributed by atoms with Gasteiger partial charge in [0, 0.05) is 25.2 Å². The van der Waals surface area contributed by atoms with E-state index in [-0.39, 0.29) is 24.0 Å². The van der Waals surface area contributed by atoms with Crippen LogP contribution in [0.15, 0.2) is 11.6 Å². The van der Waals surface area contributed by atoms with Gasteiger partial charge in [0.1, 0.15) is 11.7 Å². The highest BCUT2D eigenvalue weighted by Crippen LogP contribution is 2.54. The molecule has 2 fully saturated rings. The first-order valence-electron chi connectivity index (χ1n) is 10.4. The number of hydrogen-bond donors (Lipinski definition) is 2. The molecule has 154 valence electrons. The molecule has 2 N–H and O–H groups in total. The second-order valence-electron chi connectivity index (χ2n) is 9.85. The predicted octanol–water partition coefficient (Wildman–Crippen LogP) is 3.23. The van der Waals surface area contributed by atoms with Gasteiger partial charge in [0.25, 0.3) is 0 Å². The van der Waals surface area contributed by atoms with Crippen LogP contribution in [0.5, 0.6) is 0 Å². The minimum atomic E-state index is -1.19. The topological polar surface area (TPSA) is 76.0 Å². The quantitative estimate of drug-likeness (QED) is 0.568. The normalized spacial score (nSPS) is 47.5. The van der Waals surface area contributed by atoms with Crippen LogP contribution < -0.4 is 0 Å². The fourth-order valence-corrected chi connectivity index (χ4v) is 5.76. The molecule has 3 aliphatic rings. The van der Waals surface area contributed by atoms with E-state index < -0.39 is 23.3 Å². The Morgan fingerprint density at radius 2 is 1.96 bits per heavy atom. The van der Waals surface area contributed by atoms with Crippen molar-refractivity contribution in [2.45, 2.75) is 96.7 Å². The van der Waals surface area contributed by atoms with Crippen LogP contribution in [-0.2, 0) is 14.3 Å². The van der Waals surface area contributed by atoms with Crippen molar-refractivity contribution >= 4 is 5.97 Å². The zero-order chi connectivity index (χ0) is 20.1. The van der Waals surface area contributed by atoms with Gasteiger partial charge in [0.15, 0.2) is 0 Å². The Morgan fingerprint density at radius 1 is 1.30 bits per heavy atom. The molecule has 0 unspecified atom stereocenters. The fraction of sp³-hybridized carbons (Fsp3) is 0.864. The van der Waals surface area contributed by atoms with Crippen LogP contribution >= 0.6 is 0 Å². The lowest BCUT2D eigenvalue weighted by molar-refractivity contribution is -0.165. The van der Waals surface area contributed by atoms with Gasteiger partial charge in [-0.3, -0.25) is 4.79 Å². The molecule has 5 heteroatoms. The largest absolute Gasteiger partial charge is 0.460 e. The highest BCUT2D eigenvalue weighted by Gasteiger charge is 2.58. The lowest BCUT2D eigenvalue weighted by Gasteiger charge is -2.43. The summed E-state index contributed by atoms with van der Waals surface area (Å²) in [7, 11) is 0. The average Bonchev–Trinajstić information content (AvgIpc) is 2.91. The molecule has 2 heterocycles. The van der Waals surface area contributed by atoms with Crippen molar-refractivity contribution in [2.75, 3.05) is 0 Å². The summed E-state index contributed by atoms with van der Waals surface area (Å²) in [6.07, 6.45) is 3.47. The molecular formula is C22H36O5. The number of aliphatic hydroxyl groups is 2. The zero-order valence-corrected chi connectivity index (χ0v) is 17.6. The lowest BCUT2D eigenvalue weighted by Crippen LogP contribution is -2.50. The molecule has 0 saturated carbocycles. The summed E-state index contributed by atoms with van der Waals surface area (Å²) in [4.78, 5) is 11.6. The van der Waals surface area contributed by atoms with E-state index >= 15 is 0 Å². The van der Waals surface area contributed by atoms with Gasteiger partial charge in [-0.15, -0.1) is 0 Å². The first-order valence-corrected chi connectivity index (χ1v) is 10.4. The van der Waals surface area contributed by atoms with E-state index in [9.17, 15) is 15.0 Å². The number of carbonyl (C=O) groups is 1. The maximum atomic E-state index is 11.6. The standard InChI is InChI=1S/C22H36O5/c1-12(2)15-8-7-13(3)18-16-11-22(6,25)17(26-14(4)23)9-10-21(5,24)20(27-16)19(15)18/h7,12,15-20,24-25H,8-11H2,1-6H3/t15-,16-,17+,18+,19-,20-,21-,22+/m1/s1. The Balaban J connectivity index is 2.01. The van der Waals surface area contributed by atoms with Crippen molar-refractivity contribution < 1.29 is 24.5 Å². The number of fused-ring (bicyclic) bond motifs is 5. The van der Waals surface area contributed by atoms with Crippen molar-refractivity contribution in [3.05, 3.63) is 11.6 Å². The Hall–Kier alpha value is -0.910. The van der Waals surface area contributed by atoms with Gasteiger partial charge >= 0.3 is 5.97 Å². The first-order chi connectivity index (χ1) is 12.4. The molecule has 2 saturated heterocycles. The Morgan fingerprint density at radius 3 is 2.56 bits per heavy atom. The number of esters is 1. The summed E-state index contributed by atoms with van der Waals surface area (Å²) in [5.74, 6) is 0.978. The second-order valence-corrected chi connectivity index (χ2v) is 9.85. The molecule has 0 aromatic heterocycles. The molecule has 8 atom stereocenters. The molecule has 5 nitrogen and oxygen atoms in total. The predicted molar refractivity (Wildman–Crippen MR) is 103 cm³/mol. The van der Waals surface area contributed by atoms with Gasteiger partial charge < -0.3 is 19.7 Å². The second kappa shape index (κ2) is 7.16. The van der Waals surface area contributed by atoms with Crippen LogP contribution in [0.2, 0.25) is 0 Å². The van der Waals surface area contributed by atoms with Gasteiger partial charge in [-0.25, -0.2) is 0 Å². The molecule has 0 radical (unpaired) electrons. The van der Waals surface area contributed by atoms with Gasteiger partial charge in [-0.2, -0.15) is 0 Å². The summed E-state index contributed by atoms with van der Waals surface area (Å²) >= 11 is 0. The van der Waals surface area contributed by atoms with Crippen LogP contribution in [0.3, 0.4) is 0 Å². The monoisotopic (exact) mass is 380 g/mol. The molecule has 2 aliphatic heterocycles. The van der Waals surface area contributed by atoms with Crippen LogP contribution in [0, 0.1) is 23.7 Å². The molecule has 0 amide bonds. The minimum absolute atomic E-state index is 0.185. The van der Waals surface area contributed by atoms with E-state index in [4.69, 9.17) is 9.47 Å². The molecule has 2 bridgehead atoms. The zero-order valence-electron chi connectivity index (χ0n) is 17.6. The number of carbonyl (C=O) groups excluding carboxylic acids is 1. The van der Waals surface area contributed by atoms with Gasteiger partial charge in [0.05, 0.1) is 17.8 Å². The summed E-state index contributed by atoms with van der Waals surface area (Å²) in [6, 6.07) is 0. The summed E-state index contributed by atoms with van der Waals surface area (Å²) in [5.41, 5.74) is -0.928. The highest BCUT2D eigenvalue weighted by atomic mass is 16.6. The summed E-state index contributed by atoms with van der Waals surface area (Å²) in [5, 5.41) is 22.6. The molecule has 0 aromatic carbocycles. The van der Waals surface area contributed by atoms with E-state index in [2.05, 4.69) is 26.8 Å². The van der Waals surface area contributed by atoms with Crippen LogP contribution in [0.25, 0.3) is 0 Å². The summed E-state index contributed by atoms with van der Waals surface area (Å²) < 4.78 is 11.9. The maximum absolute atomic E-state index is 11.6. The molecule has 27 heavy (non-hydrogen) atoms. The van der Waals surface area contributed by atoms with Crippen LogP contribution in [0.1, 0.15) is 67.2 Å². The van der Waals surface area contributed by atoms with Crippen molar-refractivity contribution in [1.82, 2.24) is 0 Å². The first kappa shape index (κ1) is 20.8. The van der Waals surface area contributed by atoms with E-state index in [0.717, 1.165) is 6.42 Å². The van der Waals surface area contributed by atoms with Crippen molar-refractivity contribution in [2.24, 2.45) is 23.7 Å². The van der Waals surface area contributed by atoms with Crippen LogP contribution in [0.4, 0.5) is 0 Å². The van der Waals surface area contributed by atoms with E-state index in [1.165, 1.54) is 12.5 Å². The number of ether oxygens (including phenoxy) is 2. The molecular weight excluding hydrogens is 344 g/mol. The lowest BCUT2D eigenvalue weighted by atomic mass is 9.62. The highest BCUT2D eigenvalue weighted by molar-refractivity contribution is 5.66. The molecule has 3 rings (SSSR count). The van der Waals surface area contributed by atoms with Crippen molar-refractivity contribution in [3.8, 4) is 0 Å². The van der Waals surface area contributed by atoms with Gasteiger partial charge in [-0.05, 0) is 51.9 Å². The molecule has 0 aromatic rings.